The van der Waals surface area contributed by atoms with Crippen molar-refractivity contribution in [3.05, 3.63) is 52.4 Å². The van der Waals surface area contributed by atoms with Gasteiger partial charge in [-0.1, -0.05) is 12.1 Å². The summed E-state index contributed by atoms with van der Waals surface area (Å²) in [4.78, 5) is 6.26. The molecule has 0 radical (unpaired) electrons. The summed E-state index contributed by atoms with van der Waals surface area (Å²) in [5.41, 5.74) is 1.59. The number of anilines is 2. The second-order valence-corrected chi connectivity index (χ2v) is 6.22. The Morgan fingerprint density at radius 1 is 1.38 bits per heavy atom. The van der Waals surface area contributed by atoms with Crippen molar-refractivity contribution in [2.24, 2.45) is 0 Å². The van der Waals surface area contributed by atoms with Gasteiger partial charge in [-0.25, -0.2) is 9.37 Å². The Balaban J connectivity index is 1.90. The SMILES string of the molecule is CN(c1ccccc1F)c1ncc(Br)cc1CNC1CC1. The fourth-order valence-electron chi connectivity index (χ4n) is 2.29. The highest BCUT2D eigenvalue weighted by Gasteiger charge is 2.21. The van der Waals surface area contributed by atoms with E-state index in [1.54, 1.807) is 23.2 Å². The smallest absolute Gasteiger partial charge is 0.146 e. The lowest BCUT2D eigenvalue weighted by Gasteiger charge is -2.22. The number of hydrogen-bond acceptors (Lipinski definition) is 3. The molecule has 0 spiro atoms. The molecule has 3 nitrogen and oxygen atoms in total. The second-order valence-electron chi connectivity index (χ2n) is 5.30. The first kappa shape index (κ1) is 14.5. The molecule has 21 heavy (non-hydrogen) atoms. The molecule has 1 N–H and O–H groups in total. The zero-order valence-electron chi connectivity index (χ0n) is 11.8. The molecule has 0 amide bonds. The number of pyridine rings is 1. The predicted molar refractivity (Wildman–Crippen MR) is 86.3 cm³/mol. The molecule has 1 saturated carbocycles. The number of nitrogens with zero attached hydrogens (tertiary/aromatic N) is 2. The van der Waals surface area contributed by atoms with Gasteiger partial charge < -0.3 is 10.2 Å². The summed E-state index contributed by atoms with van der Waals surface area (Å²) in [6, 6.07) is 9.40. The summed E-state index contributed by atoms with van der Waals surface area (Å²) in [6.45, 7) is 0.741. The number of rotatable bonds is 5. The minimum Gasteiger partial charge on any atom is -0.327 e. The zero-order valence-corrected chi connectivity index (χ0v) is 13.4. The van der Waals surface area contributed by atoms with E-state index in [9.17, 15) is 4.39 Å². The molecule has 1 aromatic heterocycles. The molecule has 1 heterocycles. The number of aromatic nitrogens is 1. The number of nitrogens with one attached hydrogen (secondary N) is 1. The van der Waals surface area contributed by atoms with E-state index in [1.165, 1.54) is 18.9 Å². The van der Waals surface area contributed by atoms with Crippen LogP contribution in [-0.2, 0) is 6.54 Å². The molecule has 0 unspecified atom stereocenters. The molecule has 1 aromatic carbocycles. The maximum Gasteiger partial charge on any atom is 0.146 e. The summed E-state index contributed by atoms with van der Waals surface area (Å²) in [5, 5.41) is 3.48. The standard InChI is InChI=1S/C16H17BrFN3/c1-21(15-5-3-2-4-14(15)18)16-11(8-12(17)10-20-16)9-19-13-6-7-13/h2-5,8,10,13,19H,6-7,9H2,1H3. The van der Waals surface area contributed by atoms with Crippen LogP contribution in [0.15, 0.2) is 41.0 Å². The van der Waals surface area contributed by atoms with Crippen LogP contribution >= 0.6 is 15.9 Å². The molecule has 0 atom stereocenters. The minimum absolute atomic E-state index is 0.245. The first-order chi connectivity index (χ1) is 10.1. The predicted octanol–water partition coefficient (Wildman–Crippen LogP) is 4.00. The molecule has 1 fully saturated rings. The van der Waals surface area contributed by atoms with E-state index in [1.807, 2.05) is 19.2 Å². The van der Waals surface area contributed by atoms with Crippen molar-refractivity contribution in [1.29, 1.82) is 0 Å². The van der Waals surface area contributed by atoms with E-state index in [4.69, 9.17) is 0 Å². The molecule has 1 aliphatic rings. The van der Waals surface area contributed by atoms with Crippen LogP contribution in [-0.4, -0.2) is 18.1 Å². The molecule has 5 heteroatoms. The Morgan fingerprint density at radius 2 is 2.14 bits per heavy atom. The number of benzene rings is 1. The normalized spacial score (nSPS) is 14.2. The van der Waals surface area contributed by atoms with Gasteiger partial charge in [0, 0.05) is 35.9 Å². The van der Waals surface area contributed by atoms with E-state index in [0.717, 1.165) is 22.4 Å². The van der Waals surface area contributed by atoms with Crippen molar-refractivity contribution in [2.75, 3.05) is 11.9 Å². The molecule has 0 saturated heterocycles. The van der Waals surface area contributed by atoms with Gasteiger partial charge in [0.05, 0.1) is 5.69 Å². The van der Waals surface area contributed by atoms with Crippen molar-refractivity contribution >= 4 is 27.4 Å². The molecule has 3 rings (SSSR count). The van der Waals surface area contributed by atoms with E-state index in [-0.39, 0.29) is 5.82 Å². The highest BCUT2D eigenvalue weighted by Crippen LogP contribution is 2.29. The fourth-order valence-corrected chi connectivity index (χ4v) is 2.66. The van der Waals surface area contributed by atoms with Crippen LogP contribution in [0.3, 0.4) is 0 Å². The Morgan fingerprint density at radius 3 is 2.86 bits per heavy atom. The van der Waals surface area contributed by atoms with Gasteiger partial charge in [0.2, 0.25) is 0 Å². The average molecular weight is 350 g/mol. The largest absolute Gasteiger partial charge is 0.327 e. The fraction of sp³-hybridized carbons (Fsp3) is 0.312. The minimum atomic E-state index is -0.245. The molecule has 1 aliphatic carbocycles. The number of halogens is 2. The average Bonchev–Trinajstić information content (AvgIpc) is 3.29. The Kier molecular flexibility index (Phi) is 4.22. The van der Waals surface area contributed by atoms with E-state index >= 15 is 0 Å². The molecular weight excluding hydrogens is 333 g/mol. The van der Waals surface area contributed by atoms with Gasteiger partial charge in [-0.2, -0.15) is 0 Å². The summed E-state index contributed by atoms with van der Waals surface area (Å²) in [5.74, 6) is 0.530. The van der Waals surface area contributed by atoms with Crippen LogP contribution < -0.4 is 10.2 Å². The lowest BCUT2D eigenvalue weighted by molar-refractivity contribution is 0.626. The highest BCUT2D eigenvalue weighted by molar-refractivity contribution is 9.10. The first-order valence-corrected chi connectivity index (χ1v) is 7.80. The van der Waals surface area contributed by atoms with Crippen LogP contribution in [0.25, 0.3) is 0 Å². The monoisotopic (exact) mass is 349 g/mol. The van der Waals surface area contributed by atoms with E-state index < -0.39 is 0 Å². The number of para-hydroxylation sites is 1. The quantitative estimate of drug-likeness (QED) is 0.883. The van der Waals surface area contributed by atoms with Crippen molar-refractivity contribution in [3.8, 4) is 0 Å². The second kappa shape index (κ2) is 6.12. The van der Waals surface area contributed by atoms with Crippen LogP contribution in [0.1, 0.15) is 18.4 Å². The third-order valence-corrected chi connectivity index (χ3v) is 4.03. The van der Waals surface area contributed by atoms with E-state index in [0.29, 0.717) is 11.7 Å². The summed E-state index contributed by atoms with van der Waals surface area (Å²) in [7, 11) is 1.84. The van der Waals surface area contributed by atoms with E-state index in [2.05, 4.69) is 26.2 Å². The number of hydrogen-bond donors (Lipinski definition) is 1. The maximum atomic E-state index is 14.0. The third-order valence-electron chi connectivity index (χ3n) is 3.60. The van der Waals surface area contributed by atoms with Gasteiger partial charge in [0.1, 0.15) is 11.6 Å². The lowest BCUT2D eigenvalue weighted by Crippen LogP contribution is -2.20. The van der Waals surface area contributed by atoms with Gasteiger partial charge in [0.25, 0.3) is 0 Å². The summed E-state index contributed by atoms with van der Waals surface area (Å²) in [6.07, 6.45) is 4.22. The van der Waals surface area contributed by atoms with Gasteiger partial charge in [-0.05, 0) is 47.0 Å². The summed E-state index contributed by atoms with van der Waals surface area (Å²) >= 11 is 3.46. The summed E-state index contributed by atoms with van der Waals surface area (Å²) < 4.78 is 14.9. The Labute approximate surface area is 132 Å². The molecule has 110 valence electrons. The molecule has 2 aromatic rings. The van der Waals surface area contributed by atoms with Crippen molar-refractivity contribution in [3.63, 3.8) is 0 Å². The maximum absolute atomic E-state index is 14.0. The molecular formula is C16H17BrFN3. The van der Waals surface area contributed by atoms with Gasteiger partial charge in [-0.3, -0.25) is 0 Å². The first-order valence-electron chi connectivity index (χ1n) is 7.01. The van der Waals surface area contributed by atoms with Crippen LogP contribution in [0.2, 0.25) is 0 Å². The van der Waals surface area contributed by atoms with Gasteiger partial charge in [-0.15, -0.1) is 0 Å². The highest BCUT2D eigenvalue weighted by atomic mass is 79.9. The lowest BCUT2D eigenvalue weighted by atomic mass is 10.2. The third kappa shape index (κ3) is 3.41. The zero-order chi connectivity index (χ0) is 14.8. The topological polar surface area (TPSA) is 28.2 Å². The van der Waals surface area contributed by atoms with Crippen LogP contribution in [0.5, 0.6) is 0 Å². The Hall–Kier alpha value is -1.46. The van der Waals surface area contributed by atoms with Gasteiger partial charge in [0.15, 0.2) is 0 Å². The Bertz CT molecular complexity index is 643. The van der Waals surface area contributed by atoms with Crippen molar-refractivity contribution in [2.45, 2.75) is 25.4 Å². The van der Waals surface area contributed by atoms with Crippen molar-refractivity contribution in [1.82, 2.24) is 10.3 Å². The molecule has 0 aliphatic heterocycles. The molecule has 0 bridgehead atoms. The van der Waals surface area contributed by atoms with Crippen molar-refractivity contribution < 1.29 is 4.39 Å². The van der Waals surface area contributed by atoms with Crippen LogP contribution in [0, 0.1) is 5.82 Å². The van der Waals surface area contributed by atoms with Crippen LogP contribution in [0.4, 0.5) is 15.9 Å². The van der Waals surface area contributed by atoms with Gasteiger partial charge >= 0.3 is 0 Å².